The molecule has 1 saturated carbocycles. The van der Waals surface area contributed by atoms with Crippen LogP contribution in [0.1, 0.15) is 24.3 Å². The van der Waals surface area contributed by atoms with Crippen molar-refractivity contribution >= 4 is 15.9 Å². The molecule has 0 spiro atoms. The predicted molar refractivity (Wildman–Crippen MR) is 112 cm³/mol. The van der Waals surface area contributed by atoms with Crippen LogP contribution in [0.5, 0.6) is 5.75 Å². The topological polar surface area (TPSA) is 75.7 Å². The molecule has 1 amide bonds. The summed E-state index contributed by atoms with van der Waals surface area (Å²) in [4.78, 5) is 14.8. The van der Waals surface area contributed by atoms with Crippen molar-refractivity contribution in [1.29, 1.82) is 0 Å². The lowest BCUT2D eigenvalue weighted by atomic mass is 9.95. The number of methoxy groups -OCH3 is 1. The first kappa shape index (κ1) is 19.9. The van der Waals surface area contributed by atoms with Crippen LogP contribution in [0, 0.1) is 5.92 Å². The van der Waals surface area contributed by atoms with Gasteiger partial charge in [0.05, 0.1) is 13.4 Å². The maximum absolute atomic E-state index is 13.0. The second-order valence-corrected chi connectivity index (χ2v) is 9.68. The Morgan fingerprint density at radius 3 is 2.52 bits per heavy atom. The number of benzene rings is 2. The van der Waals surface area contributed by atoms with Crippen LogP contribution < -0.4 is 9.46 Å². The van der Waals surface area contributed by atoms with Gasteiger partial charge in [0.15, 0.2) is 0 Å². The minimum atomic E-state index is -3.26. The SMILES string of the molecule is COc1ccccc1-c1ccccc1[C@@H]1C[C@H]1C(=O)N1CC[C@@H](NS(C)(=O)=O)C1. The molecule has 6 nitrogen and oxygen atoms in total. The summed E-state index contributed by atoms with van der Waals surface area (Å²) in [7, 11) is -1.59. The van der Waals surface area contributed by atoms with Crippen molar-refractivity contribution in [2.24, 2.45) is 5.92 Å². The van der Waals surface area contributed by atoms with E-state index in [2.05, 4.69) is 16.9 Å². The van der Waals surface area contributed by atoms with Crippen LogP contribution >= 0.6 is 0 Å². The van der Waals surface area contributed by atoms with Gasteiger partial charge in [0.1, 0.15) is 5.75 Å². The van der Waals surface area contributed by atoms with E-state index in [1.165, 1.54) is 5.56 Å². The molecule has 1 heterocycles. The Balaban J connectivity index is 1.50. The number of sulfonamides is 1. The molecule has 2 aliphatic rings. The van der Waals surface area contributed by atoms with E-state index in [1.54, 1.807) is 12.0 Å². The number of ether oxygens (including phenoxy) is 1. The molecule has 2 fully saturated rings. The minimum Gasteiger partial charge on any atom is -0.496 e. The summed E-state index contributed by atoms with van der Waals surface area (Å²) >= 11 is 0. The van der Waals surface area contributed by atoms with Crippen LogP contribution in [0.4, 0.5) is 0 Å². The Morgan fingerprint density at radius 1 is 1.10 bits per heavy atom. The third kappa shape index (κ3) is 4.31. The van der Waals surface area contributed by atoms with Crippen LogP contribution in [0.2, 0.25) is 0 Å². The average molecular weight is 415 g/mol. The molecule has 4 rings (SSSR count). The molecular weight excluding hydrogens is 388 g/mol. The van der Waals surface area contributed by atoms with Gasteiger partial charge in [-0.05, 0) is 36.0 Å². The lowest BCUT2D eigenvalue weighted by Crippen LogP contribution is -2.38. The van der Waals surface area contributed by atoms with E-state index >= 15 is 0 Å². The van der Waals surface area contributed by atoms with E-state index < -0.39 is 10.0 Å². The Hall–Kier alpha value is -2.38. The van der Waals surface area contributed by atoms with Crippen LogP contribution in [-0.2, 0) is 14.8 Å². The predicted octanol–water partition coefficient (Wildman–Crippen LogP) is 2.62. The molecule has 0 bridgehead atoms. The first-order valence-corrected chi connectivity index (χ1v) is 11.7. The first-order chi connectivity index (χ1) is 13.9. The number of nitrogens with zero attached hydrogens (tertiary/aromatic N) is 1. The van der Waals surface area contributed by atoms with Crippen LogP contribution in [0.15, 0.2) is 48.5 Å². The van der Waals surface area contributed by atoms with Gasteiger partial charge in [-0.1, -0.05) is 42.5 Å². The number of carbonyl (C=O) groups excluding carboxylic acids is 1. The van der Waals surface area contributed by atoms with Gasteiger partial charge < -0.3 is 9.64 Å². The molecule has 154 valence electrons. The largest absolute Gasteiger partial charge is 0.496 e. The quantitative estimate of drug-likeness (QED) is 0.788. The van der Waals surface area contributed by atoms with Gasteiger partial charge in [-0.25, -0.2) is 13.1 Å². The van der Waals surface area contributed by atoms with Crippen molar-refractivity contribution in [2.45, 2.75) is 24.8 Å². The molecule has 2 aromatic carbocycles. The number of para-hydroxylation sites is 1. The fourth-order valence-electron chi connectivity index (χ4n) is 4.34. The van der Waals surface area contributed by atoms with E-state index in [0.717, 1.165) is 29.6 Å². The summed E-state index contributed by atoms with van der Waals surface area (Å²) in [6.07, 6.45) is 2.64. The summed E-state index contributed by atoms with van der Waals surface area (Å²) in [5, 5.41) is 0. The zero-order valence-corrected chi connectivity index (χ0v) is 17.5. The van der Waals surface area contributed by atoms with Crippen molar-refractivity contribution < 1.29 is 17.9 Å². The van der Waals surface area contributed by atoms with Gasteiger partial charge in [-0.15, -0.1) is 0 Å². The zero-order chi connectivity index (χ0) is 20.6. The second-order valence-electron chi connectivity index (χ2n) is 7.90. The smallest absolute Gasteiger partial charge is 0.226 e. The Bertz CT molecular complexity index is 1020. The number of likely N-dealkylation sites (tertiary alicyclic amines) is 1. The molecule has 29 heavy (non-hydrogen) atoms. The maximum Gasteiger partial charge on any atom is 0.226 e. The van der Waals surface area contributed by atoms with Crippen molar-refractivity contribution in [3.05, 3.63) is 54.1 Å². The Kier molecular flexibility index (Phi) is 5.36. The first-order valence-electron chi connectivity index (χ1n) is 9.86. The highest BCUT2D eigenvalue weighted by Gasteiger charge is 2.47. The van der Waals surface area contributed by atoms with E-state index in [4.69, 9.17) is 4.74 Å². The van der Waals surface area contributed by atoms with Gasteiger partial charge >= 0.3 is 0 Å². The van der Waals surface area contributed by atoms with E-state index in [1.807, 2.05) is 36.4 Å². The molecule has 7 heteroatoms. The van der Waals surface area contributed by atoms with E-state index in [0.29, 0.717) is 19.5 Å². The number of carbonyl (C=O) groups is 1. The summed E-state index contributed by atoms with van der Waals surface area (Å²) in [5.41, 5.74) is 3.30. The normalized spacial score (nSPS) is 23.8. The molecule has 1 saturated heterocycles. The van der Waals surface area contributed by atoms with E-state index in [9.17, 15) is 13.2 Å². The highest BCUT2D eigenvalue weighted by molar-refractivity contribution is 7.88. The van der Waals surface area contributed by atoms with Gasteiger partial charge in [0.25, 0.3) is 0 Å². The van der Waals surface area contributed by atoms with Crippen molar-refractivity contribution in [3.63, 3.8) is 0 Å². The molecule has 0 radical (unpaired) electrons. The highest BCUT2D eigenvalue weighted by Crippen LogP contribution is 2.52. The summed E-state index contributed by atoms with van der Waals surface area (Å²) in [5.74, 6) is 1.09. The lowest BCUT2D eigenvalue weighted by Gasteiger charge is -2.17. The van der Waals surface area contributed by atoms with Crippen molar-refractivity contribution in [3.8, 4) is 16.9 Å². The molecule has 1 aliphatic heterocycles. The lowest BCUT2D eigenvalue weighted by molar-refractivity contribution is -0.131. The van der Waals surface area contributed by atoms with Gasteiger partial charge in [0, 0.05) is 30.6 Å². The second kappa shape index (κ2) is 7.80. The third-order valence-electron chi connectivity index (χ3n) is 5.75. The number of amides is 1. The summed E-state index contributed by atoms with van der Waals surface area (Å²) < 4.78 is 31.0. The van der Waals surface area contributed by atoms with Gasteiger partial charge in [-0.3, -0.25) is 4.79 Å². The maximum atomic E-state index is 13.0. The highest BCUT2D eigenvalue weighted by atomic mass is 32.2. The van der Waals surface area contributed by atoms with Crippen LogP contribution in [-0.4, -0.2) is 51.7 Å². The van der Waals surface area contributed by atoms with Crippen LogP contribution in [0.3, 0.4) is 0 Å². The summed E-state index contributed by atoms with van der Waals surface area (Å²) in [6, 6.07) is 15.9. The van der Waals surface area contributed by atoms with Crippen molar-refractivity contribution in [1.82, 2.24) is 9.62 Å². The third-order valence-corrected chi connectivity index (χ3v) is 6.51. The fraction of sp³-hybridized carbons (Fsp3) is 0.409. The Labute approximate surface area is 171 Å². The zero-order valence-electron chi connectivity index (χ0n) is 16.7. The summed E-state index contributed by atoms with van der Waals surface area (Å²) in [6.45, 7) is 1.05. The average Bonchev–Trinajstić information content (AvgIpc) is 3.37. The fourth-order valence-corrected chi connectivity index (χ4v) is 5.14. The molecule has 3 atom stereocenters. The molecule has 1 aliphatic carbocycles. The minimum absolute atomic E-state index is 0.0390. The number of rotatable bonds is 6. The van der Waals surface area contributed by atoms with E-state index in [-0.39, 0.29) is 23.8 Å². The van der Waals surface area contributed by atoms with Crippen LogP contribution in [0.25, 0.3) is 11.1 Å². The molecule has 2 aromatic rings. The molecular formula is C22H26N2O4S. The monoisotopic (exact) mass is 414 g/mol. The van der Waals surface area contributed by atoms with Gasteiger partial charge in [-0.2, -0.15) is 0 Å². The number of nitrogens with one attached hydrogen (secondary N) is 1. The van der Waals surface area contributed by atoms with Gasteiger partial charge in [0.2, 0.25) is 15.9 Å². The van der Waals surface area contributed by atoms with Crippen molar-refractivity contribution in [2.75, 3.05) is 26.5 Å². The standard InChI is InChI=1S/C22H26N2O4S/c1-28-21-10-6-5-9-18(21)16-7-3-4-8-17(16)19-13-20(19)22(25)24-12-11-15(14-24)23-29(2,26)27/h3-10,15,19-20,23H,11-14H2,1-2H3/t15-,19+,20-/m1/s1. The molecule has 1 N–H and O–H groups in total. The number of hydrogen-bond donors (Lipinski definition) is 1. The molecule has 0 unspecified atom stereocenters. The number of hydrogen-bond acceptors (Lipinski definition) is 4. The Morgan fingerprint density at radius 2 is 1.79 bits per heavy atom. The molecule has 0 aromatic heterocycles.